The number of amides is 2. The van der Waals surface area contributed by atoms with E-state index in [4.69, 9.17) is 0 Å². The molecule has 1 saturated heterocycles. The summed E-state index contributed by atoms with van der Waals surface area (Å²) in [5.74, 6) is 0.118. The van der Waals surface area contributed by atoms with Crippen molar-refractivity contribution in [2.75, 3.05) is 26.7 Å². The fourth-order valence-electron chi connectivity index (χ4n) is 3.08. The van der Waals surface area contributed by atoms with Crippen LogP contribution in [-0.4, -0.2) is 59.5 Å². The number of hydrogen-bond acceptors (Lipinski definition) is 5. The molecule has 3 aliphatic rings. The molecule has 2 heterocycles. The summed E-state index contributed by atoms with van der Waals surface area (Å²) in [4.78, 5) is 39.8. The molecular formula is C16H21N3O3S. The average Bonchev–Trinajstić information content (AvgIpc) is 3.03. The topological polar surface area (TPSA) is 69.7 Å². The molecule has 0 spiro atoms. The van der Waals surface area contributed by atoms with Crippen LogP contribution < -0.4 is 5.32 Å². The molecule has 124 valence electrons. The van der Waals surface area contributed by atoms with Crippen LogP contribution in [0.25, 0.3) is 0 Å². The summed E-state index contributed by atoms with van der Waals surface area (Å²) in [5.41, 5.74) is 1.12. The van der Waals surface area contributed by atoms with Crippen molar-refractivity contribution in [3.63, 3.8) is 0 Å². The van der Waals surface area contributed by atoms with Gasteiger partial charge >= 0.3 is 0 Å². The molecule has 1 N–H and O–H groups in total. The normalized spacial score (nSPS) is 23.8. The Kier molecular flexibility index (Phi) is 4.75. The van der Waals surface area contributed by atoms with Crippen LogP contribution in [0.3, 0.4) is 0 Å². The van der Waals surface area contributed by atoms with Gasteiger partial charge in [-0.05, 0) is 25.0 Å². The summed E-state index contributed by atoms with van der Waals surface area (Å²) in [5, 5.41) is 3.13. The average molecular weight is 335 g/mol. The molecule has 7 heteroatoms. The molecule has 3 rings (SSSR count). The first-order valence-electron chi connectivity index (χ1n) is 7.92. The van der Waals surface area contributed by atoms with Gasteiger partial charge in [-0.25, -0.2) is 0 Å². The molecule has 2 aliphatic heterocycles. The van der Waals surface area contributed by atoms with Crippen LogP contribution in [0.4, 0.5) is 0 Å². The van der Waals surface area contributed by atoms with Crippen molar-refractivity contribution in [1.82, 2.24) is 15.1 Å². The molecule has 0 radical (unpaired) electrons. The van der Waals surface area contributed by atoms with Crippen molar-refractivity contribution in [3.05, 3.63) is 22.8 Å². The number of carbonyl (C=O) groups is 3. The van der Waals surface area contributed by atoms with Gasteiger partial charge < -0.3 is 15.1 Å². The number of likely N-dealkylation sites (tertiary alicyclic amines) is 1. The zero-order valence-electron chi connectivity index (χ0n) is 13.2. The van der Waals surface area contributed by atoms with Gasteiger partial charge in [-0.3, -0.25) is 14.4 Å². The van der Waals surface area contributed by atoms with E-state index in [2.05, 4.69) is 10.2 Å². The smallest absolute Gasteiger partial charge is 0.239 e. The van der Waals surface area contributed by atoms with Crippen molar-refractivity contribution in [2.45, 2.75) is 31.1 Å². The number of nitrogens with one attached hydrogen (secondary N) is 1. The lowest BCUT2D eigenvalue weighted by atomic mass is 10.1. The summed E-state index contributed by atoms with van der Waals surface area (Å²) in [6.07, 6.45) is 6.20. The van der Waals surface area contributed by atoms with Crippen LogP contribution in [0.2, 0.25) is 0 Å². The third-order valence-corrected chi connectivity index (χ3v) is 5.82. The SMILES string of the molecule is CN1C2=C(CC(=O)C=C2)SC1CCNC(=O)CN1CCCC1=O. The van der Waals surface area contributed by atoms with Gasteiger partial charge in [-0.15, -0.1) is 11.8 Å². The third-order valence-electron chi connectivity index (χ3n) is 4.36. The van der Waals surface area contributed by atoms with Gasteiger partial charge in [0.05, 0.1) is 11.9 Å². The Labute approximate surface area is 139 Å². The largest absolute Gasteiger partial charge is 0.362 e. The molecule has 0 aromatic carbocycles. The minimum absolute atomic E-state index is 0.0690. The summed E-state index contributed by atoms with van der Waals surface area (Å²) in [6, 6.07) is 0. The van der Waals surface area contributed by atoms with Gasteiger partial charge in [0.2, 0.25) is 11.8 Å². The lowest BCUT2D eigenvalue weighted by Crippen LogP contribution is -2.39. The predicted molar refractivity (Wildman–Crippen MR) is 88.4 cm³/mol. The van der Waals surface area contributed by atoms with Crippen LogP contribution in [0, 0.1) is 0 Å². The standard InChI is InChI=1S/C16H21N3O3S/c1-18-12-5-4-11(20)9-13(12)23-16(18)6-7-17-14(21)10-19-8-2-3-15(19)22/h4-5,16H,2-3,6-10H2,1H3,(H,17,21). The van der Waals surface area contributed by atoms with E-state index < -0.39 is 0 Å². The highest BCUT2D eigenvalue weighted by molar-refractivity contribution is 8.03. The molecule has 1 aliphatic carbocycles. The van der Waals surface area contributed by atoms with E-state index in [1.165, 1.54) is 0 Å². The van der Waals surface area contributed by atoms with Crippen molar-refractivity contribution < 1.29 is 14.4 Å². The first kappa shape index (κ1) is 16.1. The molecule has 0 aromatic rings. The highest BCUT2D eigenvalue weighted by Crippen LogP contribution is 2.42. The zero-order valence-corrected chi connectivity index (χ0v) is 14.0. The van der Waals surface area contributed by atoms with E-state index in [1.807, 2.05) is 13.1 Å². The first-order valence-corrected chi connectivity index (χ1v) is 8.80. The molecule has 1 unspecified atom stereocenters. The Morgan fingerprint density at radius 1 is 1.39 bits per heavy atom. The summed E-state index contributed by atoms with van der Waals surface area (Å²) >= 11 is 1.71. The number of ketones is 1. The number of rotatable bonds is 5. The molecular weight excluding hydrogens is 314 g/mol. The van der Waals surface area contributed by atoms with Crippen molar-refractivity contribution >= 4 is 29.4 Å². The number of likely N-dealkylation sites (N-methyl/N-ethyl adjacent to an activating group) is 1. The first-order chi connectivity index (χ1) is 11.0. The number of thioether (sulfide) groups is 1. The van der Waals surface area contributed by atoms with E-state index >= 15 is 0 Å². The zero-order chi connectivity index (χ0) is 16.4. The number of carbonyl (C=O) groups excluding carboxylic acids is 3. The highest BCUT2D eigenvalue weighted by Gasteiger charge is 2.31. The monoisotopic (exact) mass is 335 g/mol. The highest BCUT2D eigenvalue weighted by atomic mass is 32.2. The molecule has 1 atom stereocenters. The fourth-order valence-corrected chi connectivity index (χ4v) is 4.47. The lowest BCUT2D eigenvalue weighted by molar-refractivity contribution is -0.133. The quantitative estimate of drug-likeness (QED) is 0.807. The summed E-state index contributed by atoms with van der Waals surface area (Å²) in [7, 11) is 2.02. The van der Waals surface area contributed by atoms with Gasteiger partial charge in [0.15, 0.2) is 5.78 Å². The van der Waals surface area contributed by atoms with Gasteiger partial charge in [0.1, 0.15) is 0 Å². The third kappa shape index (κ3) is 3.60. The Morgan fingerprint density at radius 3 is 2.96 bits per heavy atom. The predicted octanol–water partition coefficient (Wildman–Crippen LogP) is 0.860. The molecule has 0 aromatic heterocycles. The molecule has 1 fully saturated rings. The van der Waals surface area contributed by atoms with E-state index in [1.54, 1.807) is 22.7 Å². The Balaban J connectivity index is 1.41. The van der Waals surface area contributed by atoms with Crippen molar-refractivity contribution in [1.29, 1.82) is 0 Å². The van der Waals surface area contributed by atoms with Crippen LogP contribution in [0.1, 0.15) is 25.7 Å². The van der Waals surface area contributed by atoms with E-state index in [0.717, 1.165) is 23.4 Å². The maximum absolute atomic E-state index is 11.9. The second-order valence-corrected chi connectivity index (χ2v) is 7.30. The van der Waals surface area contributed by atoms with Crippen LogP contribution >= 0.6 is 11.8 Å². The Hall–Kier alpha value is -1.76. The number of nitrogens with zero attached hydrogens (tertiary/aromatic N) is 2. The molecule has 6 nitrogen and oxygen atoms in total. The maximum atomic E-state index is 11.9. The minimum atomic E-state index is -0.0984. The molecule has 2 amide bonds. The van der Waals surface area contributed by atoms with Crippen molar-refractivity contribution in [2.24, 2.45) is 0 Å². The van der Waals surface area contributed by atoms with Crippen LogP contribution in [-0.2, 0) is 14.4 Å². The van der Waals surface area contributed by atoms with Gasteiger partial charge in [0.25, 0.3) is 0 Å². The minimum Gasteiger partial charge on any atom is -0.362 e. The maximum Gasteiger partial charge on any atom is 0.239 e. The van der Waals surface area contributed by atoms with E-state index in [-0.39, 0.29) is 29.5 Å². The lowest BCUT2D eigenvalue weighted by Gasteiger charge is -2.23. The molecule has 0 saturated carbocycles. The summed E-state index contributed by atoms with van der Waals surface area (Å²) in [6.45, 7) is 1.42. The summed E-state index contributed by atoms with van der Waals surface area (Å²) < 4.78 is 0. The second-order valence-electron chi connectivity index (χ2n) is 6.03. The number of allylic oxidation sites excluding steroid dienone is 3. The van der Waals surface area contributed by atoms with Crippen LogP contribution in [0.15, 0.2) is 22.8 Å². The Morgan fingerprint density at radius 2 is 2.22 bits per heavy atom. The van der Waals surface area contributed by atoms with Crippen LogP contribution in [0.5, 0.6) is 0 Å². The number of hydrogen-bond donors (Lipinski definition) is 1. The van der Waals surface area contributed by atoms with E-state index in [0.29, 0.717) is 25.9 Å². The van der Waals surface area contributed by atoms with Crippen molar-refractivity contribution in [3.8, 4) is 0 Å². The Bertz CT molecular complexity index is 599. The fraction of sp³-hybridized carbons (Fsp3) is 0.562. The molecule has 23 heavy (non-hydrogen) atoms. The van der Waals surface area contributed by atoms with Gasteiger partial charge in [-0.1, -0.05) is 0 Å². The van der Waals surface area contributed by atoms with Gasteiger partial charge in [-0.2, -0.15) is 0 Å². The van der Waals surface area contributed by atoms with Gasteiger partial charge in [0, 0.05) is 43.6 Å². The molecule has 0 bridgehead atoms. The second kappa shape index (κ2) is 6.78. The van der Waals surface area contributed by atoms with E-state index in [9.17, 15) is 14.4 Å².